The summed E-state index contributed by atoms with van der Waals surface area (Å²) in [6.45, 7) is 1.50. The lowest BCUT2D eigenvalue weighted by atomic mass is 10.2. The van der Waals surface area contributed by atoms with Crippen molar-refractivity contribution in [3.8, 4) is 0 Å². The first-order chi connectivity index (χ1) is 9.78. The van der Waals surface area contributed by atoms with Crippen LogP contribution in [0.5, 0.6) is 0 Å². The van der Waals surface area contributed by atoms with Crippen LogP contribution in [-0.2, 0) is 19.5 Å². The number of nitrogens with two attached hydrogens (primary N) is 1. The molecule has 0 spiro atoms. The van der Waals surface area contributed by atoms with Crippen molar-refractivity contribution in [2.75, 3.05) is 0 Å². The highest BCUT2D eigenvalue weighted by atomic mass is 35.5. The minimum Gasteiger partial charge on any atom is -0.326 e. The van der Waals surface area contributed by atoms with Gasteiger partial charge >= 0.3 is 0 Å². The van der Waals surface area contributed by atoms with Gasteiger partial charge in [0.1, 0.15) is 5.82 Å². The smallest absolute Gasteiger partial charge is 0.196 e. The van der Waals surface area contributed by atoms with E-state index in [1.54, 1.807) is 11.8 Å². The van der Waals surface area contributed by atoms with Crippen molar-refractivity contribution in [3.63, 3.8) is 0 Å². The number of hydrogen-bond donors (Lipinski definition) is 1. The van der Waals surface area contributed by atoms with Gasteiger partial charge in [-0.25, -0.2) is 0 Å². The fourth-order valence-electron chi connectivity index (χ4n) is 2.42. The van der Waals surface area contributed by atoms with Crippen molar-refractivity contribution in [3.05, 3.63) is 34.6 Å². The highest BCUT2D eigenvalue weighted by molar-refractivity contribution is 7.99. The summed E-state index contributed by atoms with van der Waals surface area (Å²) in [5, 5.41) is 10.3. The molecule has 0 fully saturated rings. The number of aryl methyl sites for hydroxylation is 1. The molecule has 0 saturated carbocycles. The van der Waals surface area contributed by atoms with Gasteiger partial charge in [-0.1, -0.05) is 24.1 Å². The fourth-order valence-corrected chi connectivity index (χ4v) is 3.71. The number of fused-ring (bicyclic) bond motifs is 1. The maximum absolute atomic E-state index is 6.09. The van der Waals surface area contributed by atoms with E-state index in [9.17, 15) is 0 Å². The molecule has 4 nitrogen and oxygen atoms in total. The zero-order valence-electron chi connectivity index (χ0n) is 11.2. The Labute approximate surface area is 127 Å². The zero-order chi connectivity index (χ0) is 13.9. The second-order valence-electron chi connectivity index (χ2n) is 4.92. The lowest BCUT2D eigenvalue weighted by Gasteiger charge is -2.09. The lowest BCUT2D eigenvalue weighted by molar-refractivity contribution is 0.591. The van der Waals surface area contributed by atoms with E-state index in [0.29, 0.717) is 6.54 Å². The Morgan fingerprint density at radius 2 is 2.15 bits per heavy atom. The molecule has 106 valence electrons. The monoisotopic (exact) mass is 308 g/mol. The van der Waals surface area contributed by atoms with E-state index in [0.717, 1.165) is 39.4 Å². The first kappa shape index (κ1) is 13.9. The quantitative estimate of drug-likeness (QED) is 0.945. The Morgan fingerprint density at radius 3 is 3.00 bits per heavy atom. The van der Waals surface area contributed by atoms with Crippen molar-refractivity contribution >= 4 is 23.4 Å². The van der Waals surface area contributed by atoms with Gasteiger partial charge in [-0.15, -0.1) is 10.2 Å². The number of hydrogen-bond acceptors (Lipinski definition) is 4. The minimum atomic E-state index is 0.500. The standard InChI is InChI=1S/C14H17ClN4S/c15-11-6-5-10(9-16)12(8-11)20-14-18-17-13-4-2-1-3-7-19(13)14/h5-6,8H,1-4,7,9,16H2. The molecule has 6 heteroatoms. The Bertz CT molecular complexity index is 611. The Balaban J connectivity index is 1.92. The Morgan fingerprint density at radius 1 is 1.25 bits per heavy atom. The van der Waals surface area contributed by atoms with Crippen molar-refractivity contribution in [1.82, 2.24) is 14.8 Å². The molecule has 0 amide bonds. The normalized spacial score (nSPS) is 14.9. The molecule has 1 aromatic carbocycles. The van der Waals surface area contributed by atoms with Gasteiger partial charge in [0.05, 0.1) is 0 Å². The second-order valence-corrected chi connectivity index (χ2v) is 6.36. The third-order valence-corrected chi connectivity index (χ3v) is 4.85. The second kappa shape index (κ2) is 6.16. The number of aromatic nitrogens is 3. The van der Waals surface area contributed by atoms with Gasteiger partial charge in [-0.05, 0) is 42.3 Å². The van der Waals surface area contributed by atoms with E-state index >= 15 is 0 Å². The van der Waals surface area contributed by atoms with Crippen LogP contribution in [0, 0.1) is 0 Å². The molecule has 2 aromatic rings. The van der Waals surface area contributed by atoms with Crippen LogP contribution in [-0.4, -0.2) is 14.8 Å². The molecule has 1 aromatic heterocycles. The fraction of sp³-hybridized carbons (Fsp3) is 0.429. The summed E-state index contributed by atoms with van der Waals surface area (Å²) in [5.41, 5.74) is 6.88. The molecule has 0 saturated heterocycles. The van der Waals surface area contributed by atoms with Crippen molar-refractivity contribution in [1.29, 1.82) is 0 Å². The maximum Gasteiger partial charge on any atom is 0.196 e. The Hall–Kier alpha value is -1.04. The Kier molecular flexibility index (Phi) is 4.29. The van der Waals surface area contributed by atoms with Crippen LogP contribution in [0.15, 0.2) is 28.3 Å². The first-order valence-electron chi connectivity index (χ1n) is 6.86. The third-order valence-electron chi connectivity index (χ3n) is 3.53. The largest absolute Gasteiger partial charge is 0.326 e. The maximum atomic E-state index is 6.09. The van der Waals surface area contributed by atoms with Crippen LogP contribution in [0.1, 0.15) is 30.7 Å². The molecular formula is C14H17ClN4S. The van der Waals surface area contributed by atoms with Crippen molar-refractivity contribution in [2.24, 2.45) is 5.73 Å². The lowest BCUT2D eigenvalue weighted by Crippen LogP contribution is -2.03. The first-order valence-corrected chi connectivity index (χ1v) is 8.06. The van der Waals surface area contributed by atoms with Crippen LogP contribution >= 0.6 is 23.4 Å². The summed E-state index contributed by atoms with van der Waals surface area (Å²) in [4.78, 5) is 1.07. The highest BCUT2D eigenvalue weighted by Crippen LogP contribution is 2.32. The predicted octanol–water partition coefficient (Wildman–Crippen LogP) is 3.27. The molecule has 0 aliphatic carbocycles. The van der Waals surface area contributed by atoms with E-state index in [1.807, 2.05) is 18.2 Å². The molecule has 3 rings (SSSR count). The summed E-state index contributed by atoms with van der Waals surface area (Å²) >= 11 is 7.69. The molecule has 0 atom stereocenters. The number of nitrogens with zero attached hydrogens (tertiary/aromatic N) is 3. The zero-order valence-corrected chi connectivity index (χ0v) is 12.8. The molecule has 1 aliphatic rings. The molecule has 2 N–H and O–H groups in total. The van der Waals surface area contributed by atoms with Crippen LogP contribution in [0.2, 0.25) is 5.02 Å². The van der Waals surface area contributed by atoms with Crippen LogP contribution in [0.4, 0.5) is 0 Å². The molecular weight excluding hydrogens is 292 g/mol. The van der Waals surface area contributed by atoms with E-state index in [2.05, 4.69) is 14.8 Å². The molecule has 0 unspecified atom stereocenters. The van der Waals surface area contributed by atoms with Crippen LogP contribution in [0.3, 0.4) is 0 Å². The molecule has 1 aliphatic heterocycles. The van der Waals surface area contributed by atoms with Gasteiger partial charge in [-0.2, -0.15) is 0 Å². The van der Waals surface area contributed by atoms with Gasteiger partial charge in [0.15, 0.2) is 5.16 Å². The average Bonchev–Trinajstić information content (AvgIpc) is 2.68. The summed E-state index contributed by atoms with van der Waals surface area (Å²) in [7, 11) is 0. The average molecular weight is 309 g/mol. The molecule has 0 bridgehead atoms. The van der Waals surface area contributed by atoms with Gasteiger partial charge in [-0.3, -0.25) is 0 Å². The summed E-state index contributed by atoms with van der Waals surface area (Å²) in [6, 6.07) is 5.80. The van der Waals surface area contributed by atoms with Crippen LogP contribution in [0.25, 0.3) is 0 Å². The molecule has 20 heavy (non-hydrogen) atoms. The van der Waals surface area contributed by atoms with E-state index < -0.39 is 0 Å². The number of rotatable bonds is 3. The third kappa shape index (κ3) is 2.85. The molecule has 0 radical (unpaired) electrons. The van der Waals surface area contributed by atoms with Crippen molar-refractivity contribution < 1.29 is 0 Å². The van der Waals surface area contributed by atoms with Crippen molar-refractivity contribution in [2.45, 2.75) is 48.8 Å². The minimum absolute atomic E-state index is 0.500. The van der Waals surface area contributed by atoms with Gasteiger partial charge in [0.25, 0.3) is 0 Å². The SMILES string of the molecule is NCc1ccc(Cl)cc1Sc1nnc2n1CCCCC2. The topological polar surface area (TPSA) is 56.7 Å². The summed E-state index contributed by atoms with van der Waals surface area (Å²) < 4.78 is 2.23. The number of benzene rings is 1. The summed E-state index contributed by atoms with van der Waals surface area (Å²) in [5.74, 6) is 1.10. The van der Waals surface area contributed by atoms with E-state index in [-0.39, 0.29) is 0 Å². The van der Waals surface area contributed by atoms with Gasteiger partial charge in [0, 0.05) is 29.4 Å². The number of halogens is 1. The van der Waals surface area contributed by atoms with E-state index in [4.69, 9.17) is 17.3 Å². The van der Waals surface area contributed by atoms with Gasteiger partial charge in [0.2, 0.25) is 0 Å². The van der Waals surface area contributed by atoms with E-state index in [1.165, 1.54) is 19.3 Å². The van der Waals surface area contributed by atoms with Crippen LogP contribution < -0.4 is 5.73 Å². The van der Waals surface area contributed by atoms with Gasteiger partial charge < -0.3 is 10.3 Å². The highest BCUT2D eigenvalue weighted by Gasteiger charge is 2.16. The summed E-state index contributed by atoms with van der Waals surface area (Å²) in [6.07, 6.45) is 4.68. The molecule has 2 heterocycles. The predicted molar refractivity (Wildman–Crippen MR) is 81.0 cm³/mol.